The van der Waals surface area contributed by atoms with Crippen molar-refractivity contribution in [2.45, 2.75) is 6.92 Å². The summed E-state index contributed by atoms with van der Waals surface area (Å²) in [5, 5.41) is 3.13. The molecule has 1 aliphatic rings. The van der Waals surface area contributed by atoms with Gasteiger partial charge in [0.1, 0.15) is 0 Å². The third kappa shape index (κ3) is 4.63. The largest absolute Gasteiger partial charge is 0.493 e. The van der Waals surface area contributed by atoms with E-state index < -0.39 is 5.91 Å². The second-order valence-corrected chi connectivity index (χ2v) is 7.01. The Morgan fingerprint density at radius 1 is 1.10 bits per heavy atom. The molecule has 2 aromatic rings. The number of halogens is 1. The van der Waals surface area contributed by atoms with Crippen LogP contribution in [0, 0.1) is 6.92 Å². The van der Waals surface area contributed by atoms with Gasteiger partial charge in [0.15, 0.2) is 11.5 Å². The Balaban J connectivity index is 1.96. The molecule has 0 radical (unpaired) electrons. The van der Waals surface area contributed by atoms with Crippen LogP contribution < -0.4 is 14.8 Å². The summed E-state index contributed by atoms with van der Waals surface area (Å²) in [5.74, 6) is 0.0915. The number of hydrogen-bond donors (Lipinski definition) is 1. The molecule has 7 nitrogen and oxygen atoms in total. The van der Waals surface area contributed by atoms with E-state index in [9.17, 15) is 9.59 Å². The molecule has 1 aliphatic heterocycles. The number of aryl methyl sites for hydroxylation is 1. The van der Waals surface area contributed by atoms with E-state index >= 15 is 0 Å². The van der Waals surface area contributed by atoms with Gasteiger partial charge in [-0.05, 0) is 31.2 Å². The van der Waals surface area contributed by atoms with Gasteiger partial charge < -0.3 is 24.4 Å². The molecule has 0 atom stereocenters. The van der Waals surface area contributed by atoms with Crippen LogP contribution in [0.3, 0.4) is 0 Å². The topological polar surface area (TPSA) is 77.1 Å². The molecule has 0 aliphatic carbocycles. The van der Waals surface area contributed by atoms with Gasteiger partial charge in [0.25, 0.3) is 11.8 Å². The first-order valence-corrected chi connectivity index (χ1v) is 9.53. The number of benzene rings is 2. The third-order valence-electron chi connectivity index (χ3n) is 4.64. The predicted molar refractivity (Wildman–Crippen MR) is 110 cm³/mol. The molecular formula is C21H23ClN2O5. The van der Waals surface area contributed by atoms with E-state index in [1.165, 1.54) is 14.2 Å². The number of amides is 2. The Labute approximate surface area is 174 Å². The quantitative estimate of drug-likeness (QED) is 0.805. The van der Waals surface area contributed by atoms with E-state index in [-0.39, 0.29) is 5.91 Å². The number of hydrogen-bond acceptors (Lipinski definition) is 5. The average Bonchev–Trinajstić information content (AvgIpc) is 2.74. The summed E-state index contributed by atoms with van der Waals surface area (Å²) in [7, 11) is 2.94. The van der Waals surface area contributed by atoms with E-state index in [2.05, 4.69) is 5.32 Å². The lowest BCUT2D eigenvalue weighted by molar-refractivity contribution is 0.0302. The van der Waals surface area contributed by atoms with Crippen molar-refractivity contribution >= 4 is 29.1 Å². The molecule has 0 unspecified atom stereocenters. The highest BCUT2D eigenvalue weighted by molar-refractivity contribution is 6.34. The van der Waals surface area contributed by atoms with Gasteiger partial charge in [-0.3, -0.25) is 9.59 Å². The zero-order chi connectivity index (χ0) is 21.0. The summed E-state index contributed by atoms with van der Waals surface area (Å²) < 4.78 is 16.1. The monoisotopic (exact) mass is 418 g/mol. The zero-order valence-electron chi connectivity index (χ0n) is 16.6. The molecule has 1 heterocycles. The highest BCUT2D eigenvalue weighted by Gasteiger charge is 2.23. The van der Waals surface area contributed by atoms with E-state index in [4.69, 9.17) is 25.8 Å². The second kappa shape index (κ2) is 9.15. The second-order valence-electron chi connectivity index (χ2n) is 6.60. The fraction of sp³-hybridized carbons (Fsp3) is 0.333. The fourth-order valence-electron chi connectivity index (χ4n) is 3.13. The first kappa shape index (κ1) is 21.0. The van der Waals surface area contributed by atoms with E-state index in [1.54, 1.807) is 29.2 Å². The maximum atomic E-state index is 12.9. The summed E-state index contributed by atoms with van der Waals surface area (Å²) in [5.41, 5.74) is 1.94. The van der Waals surface area contributed by atoms with Crippen LogP contribution in [0.1, 0.15) is 26.3 Å². The SMILES string of the molecule is COc1cc(C(=O)N2CCOCC2)cc(NC(=O)c2cc(C)ccc2Cl)c1OC. The summed E-state index contributed by atoms with van der Waals surface area (Å²) in [6.45, 7) is 3.88. The Hall–Kier alpha value is -2.77. The number of nitrogens with one attached hydrogen (secondary N) is 1. The molecule has 1 N–H and O–H groups in total. The molecule has 8 heteroatoms. The molecule has 1 fully saturated rings. The Morgan fingerprint density at radius 3 is 2.48 bits per heavy atom. The van der Waals surface area contributed by atoms with Gasteiger partial charge >= 0.3 is 0 Å². The Kier molecular flexibility index (Phi) is 6.61. The highest BCUT2D eigenvalue weighted by Crippen LogP contribution is 2.37. The molecule has 3 rings (SSSR count). The first-order chi connectivity index (χ1) is 13.9. The first-order valence-electron chi connectivity index (χ1n) is 9.15. The number of methoxy groups -OCH3 is 2. The van der Waals surface area contributed by atoms with Gasteiger partial charge in [-0.2, -0.15) is 0 Å². The molecule has 2 amide bonds. The number of carbonyl (C=O) groups excluding carboxylic acids is 2. The van der Waals surface area contributed by atoms with Crippen LogP contribution >= 0.6 is 11.6 Å². The average molecular weight is 419 g/mol. The zero-order valence-corrected chi connectivity index (χ0v) is 17.3. The summed E-state index contributed by atoms with van der Waals surface area (Å²) in [4.78, 5) is 27.5. The van der Waals surface area contributed by atoms with Crippen LogP contribution in [-0.2, 0) is 4.74 Å². The van der Waals surface area contributed by atoms with Crippen LogP contribution in [0.25, 0.3) is 0 Å². The molecule has 154 valence electrons. The molecule has 0 aromatic heterocycles. The molecule has 0 bridgehead atoms. The highest BCUT2D eigenvalue weighted by atomic mass is 35.5. The predicted octanol–water partition coefficient (Wildman–Crippen LogP) is 3.39. The molecule has 0 spiro atoms. The molecule has 29 heavy (non-hydrogen) atoms. The van der Waals surface area contributed by atoms with E-state index in [1.807, 2.05) is 13.0 Å². The van der Waals surface area contributed by atoms with Gasteiger partial charge in [-0.25, -0.2) is 0 Å². The van der Waals surface area contributed by atoms with Gasteiger partial charge in [-0.15, -0.1) is 0 Å². The van der Waals surface area contributed by atoms with Crippen LogP contribution in [0.4, 0.5) is 5.69 Å². The van der Waals surface area contributed by atoms with E-state index in [0.717, 1.165) is 5.56 Å². The number of carbonyl (C=O) groups is 2. The maximum absolute atomic E-state index is 12.9. The van der Waals surface area contributed by atoms with Crippen molar-refractivity contribution in [3.63, 3.8) is 0 Å². The summed E-state index contributed by atoms with van der Waals surface area (Å²) in [6, 6.07) is 8.38. The maximum Gasteiger partial charge on any atom is 0.257 e. The minimum Gasteiger partial charge on any atom is -0.493 e. The number of ether oxygens (including phenoxy) is 3. The van der Waals surface area contributed by atoms with Crippen LogP contribution in [0.5, 0.6) is 11.5 Å². The molecular weight excluding hydrogens is 396 g/mol. The molecule has 2 aromatic carbocycles. The lowest BCUT2D eigenvalue weighted by Gasteiger charge is -2.27. The van der Waals surface area contributed by atoms with Gasteiger partial charge in [0, 0.05) is 18.7 Å². The van der Waals surface area contributed by atoms with Gasteiger partial charge in [0.05, 0.1) is 43.7 Å². The van der Waals surface area contributed by atoms with Gasteiger partial charge in [-0.1, -0.05) is 23.2 Å². The summed E-state index contributed by atoms with van der Waals surface area (Å²) in [6.07, 6.45) is 0. The Bertz CT molecular complexity index is 926. The van der Waals surface area contributed by atoms with Crippen molar-refractivity contribution in [1.29, 1.82) is 0 Å². The lowest BCUT2D eigenvalue weighted by atomic mass is 10.1. The van der Waals surface area contributed by atoms with Crippen molar-refractivity contribution < 1.29 is 23.8 Å². The van der Waals surface area contributed by atoms with Crippen LogP contribution in [-0.4, -0.2) is 57.2 Å². The number of morpholine rings is 1. The van der Waals surface area contributed by atoms with Crippen molar-refractivity contribution in [3.05, 3.63) is 52.0 Å². The Morgan fingerprint density at radius 2 is 1.83 bits per heavy atom. The van der Waals surface area contributed by atoms with Crippen molar-refractivity contribution in [2.75, 3.05) is 45.8 Å². The third-order valence-corrected chi connectivity index (χ3v) is 4.97. The fourth-order valence-corrected chi connectivity index (χ4v) is 3.34. The van der Waals surface area contributed by atoms with Crippen molar-refractivity contribution in [3.8, 4) is 11.5 Å². The number of rotatable bonds is 5. The van der Waals surface area contributed by atoms with Gasteiger partial charge in [0.2, 0.25) is 0 Å². The van der Waals surface area contributed by atoms with Crippen molar-refractivity contribution in [2.24, 2.45) is 0 Å². The standard InChI is InChI=1S/C21H23ClN2O5/c1-13-4-5-16(22)15(10-13)20(25)23-17-11-14(12-18(27-2)19(17)28-3)21(26)24-6-8-29-9-7-24/h4-5,10-12H,6-9H2,1-3H3,(H,23,25). The van der Waals surface area contributed by atoms with Crippen LogP contribution in [0.15, 0.2) is 30.3 Å². The molecule has 0 saturated carbocycles. The smallest absolute Gasteiger partial charge is 0.257 e. The number of nitrogens with zero attached hydrogens (tertiary/aromatic N) is 1. The normalized spacial score (nSPS) is 13.7. The minimum atomic E-state index is -0.407. The minimum absolute atomic E-state index is 0.168. The van der Waals surface area contributed by atoms with Crippen LogP contribution in [0.2, 0.25) is 5.02 Å². The summed E-state index contributed by atoms with van der Waals surface area (Å²) >= 11 is 6.18. The molecule has 1 saturated heterocycles. The lowest BCUT2D eigenvalue weighted by Crippen LogP contribution is -2.40. The number of anilines is 1. The van der Waals surface area contributed by atoms with Crippen molar-refractivity contribution in [1.82, 2.24) is 4.90 Å². The van der Waals surface area contributed by atoms with E-state index in [0.29, 0.717) is 59.6 Å².